The van der Waals surface area contributed by atoms with E-state index in [1.165, 1.54) is 19.4 Å². The summed E-state index contributed by atoms with van der Waals surface area (Å²) in [4.78, 5) is 22.1. The Hall–Kier alpha value is -2.37. The van der Waals surface area contributed by atoms with Crippen LogP contribution < -0.4 is 10.1 Å². The lowest BCUT2D eigenvalue weighted by molar-refractivity contribution is -0.384. The number of nitro benzene ring substituents is 1. The van der Waals surface area contributed by atoms with E-state index >= 15 is 0 Å². The molecule has 6 nitrogen and oxygen atoms in total. The van der Waals surface area contributed by atoms with Crippen LogP contribution in [-0.2, 0) is 4.79 Å². The smallest absolute Gasteiger partial charge is 0.303 e. The molecule has 3 rings (SSSR count). The van der Waals surface area contributed by atoms with E-state index in [0.717, 1.165) is 25.7 Å². The molecule has 1 heterocycles. The van der Waals surface area contributed by atoms with Gasteiger partial charge in [-0.2, -0.15) is 0 Å². The summed E-state index contributed by atoms with van der Waals surface area (Å²) in [5.41, 5.74) is 0.181. The second-order valence-corrected chi connectivity index (χ2v) is 5.87. The Morgan fingerprint density at radius 3 is 2.68 bits per heavy atom. The quantitative estimate of drug-likeness (QED) is 0.667. The summed E-state index contributed by atoms with van der Waals surface area (Å²) in [6.07, 6.45) is 8.99. The van der Waals surface area contributed by atoms with Crippen molar-refractivity contribution < 1.29 is 14.5 Å². The lowest BCUT2D eigenvalue weighted by Crippen LogP contribution is -2.37. The normalized spacial score (nSPS) is 18.4. The van der Waals surface area contributed by atoms with Crippen LogP contribution in [0.1, 0.15) is 44.6 Å². The summed E-state index contributed by atoms with van der Waals surface area (Å²) in [6.45, 7) is 1.33. The molecule has 2 aliphatic rings. The molecule has 0 atom stereocenters. The second-order valence-electron chi connectivity index (χ2n) is 5.87. The molecule has 1 aromatic carbocycles. The molecule has 1 fully saturated rings. The number of nitro groups is 1. The van der Waals surface area contributed by atoms with E-state index in [4.69, 9.17) is 4.74 Å². The fraction of sp³-hybridized carbons (Fsp3) is 0.438. The Morgan fingerprint density at radius 2 is 2.05 bits per heavy atom. The number of ether oxygens (including phenoxy) is 1. The van der Waals surface area contributed by atoms with Crippen LogP contribution in [0, 0.1) is 10.1 Å². The molecule has 1 amide bonds. The highest BCUT2D eigenvalue weighted by molar-refractivity contribution is 5.93. The van der Waals surface area contributed by atoms with Gasteiger partial charge in [0.1, 0.15) is 17.0 Å². The van der Waals surface area contributed by atoms with Crippen LogP contribution in [0.15, 0.2) is 18.2 Å². The lowest BCUT2D eigenvalue weighted by Gasteiger charge is -2.37. The van der Waals surface area contributed by atoms with Crippen LogP contribution in [0.25, 0.3) is 6.08 Å². The van der Waals surface area contributed by atoms with E-state index in [2.05, 4.69) is 5.32 Å². The maximum absolute atomic E-state index is 11.4. The number of rotatable bonds is 2. The fourth-order valence-electron chi connectivity index (χ4n) is 3.23. The molecule has 6 heteroatoms. The highest BCUT2D eigenvalue weighted by Crippen LogP contribution is 2.44. The number of hydrogen-bond donors (Lipinski definition) is 1. The second kappa shape index (κ2) is 5.44. The Balaban J connectivity index is 2.03. The first-order valence-corrected chi connectivity index (χ1v) is 7.48. The number of hydrogen-bond acceptors (Lipinski definition) is 4. The van der Waals surface area contributed by atoms with E-state index in [9.17, 15) is 14.9 Å². The Morgan fingerprint density at radius 1 is 1.32 bits per heavy atom. The minimum absolute atomic E-state index is 0.116. The average molecular weight is 302 g/mol. The molecule has 22 heavy (non-hydrogen) atoms. The van der Waals surface area contributed by atoms with Gasteiger partial charge in [-0.3, -0.25) is 14.9 Å². The lowest BCUT2D eigenvalue weighted by atomic mass is 9.82. The van der Waals surface area contributed by atoms with Gasteiger partial charge in [0.05, 0.1) is 10.5 Å². The van der Waals surface area contributed by atoms with Crippen LogP contribution in [-0.4, -0.2) is 16.4 Å². The average Bonchev–Trinajstić information content (AvgIpc) is 2.47. The van der Waals surface area contributed by atoms with E-state index < -0.39 is 4.92 Å². The van der Waals surface area contributed by atoms with Gasteiger partial charge in [-0.15, -0.1) is 0 Å². The summed E-state index contributed by atoms with van der Waals surface area (Å²) in [6, 6.07) is 3.24. The standard InChI is InChI=1S/C16H18N2O4/c1-11(19)17-13-5-6-14-12(15(13)18(20)21)7-10-16(22-14)8-3-2-4-9-16/h5-7,10H,2-4,8-9H2,1H3,(H,17,19). The molecule has 0 aromatic heterocycles. The summed E-state index contributed by atoms with van der Waals surface area (Å²) >= 11 is 0. The number of carbonyl (C=O) groups is 1. The topological polar surface area (TPSA) is 81.5 Å². The first-order valence-electron chi connectivity index (χ1n) is 7.48. The van der Waals surface area contributed by atoms with Gasteiger partial charge in [0.15, 0.2) is 0 Å². The van der Waals surface area contributed by atoms with E-state index in [0.29, 0.717) is 11.3 Å². The molecule has 0 saturated heterocycles. The molecule has 116 valence electrons. The number of carbonyl (C=O) groups excluding carboxylic acids is 1. The SMILES string of the molecule is CC(=O)Nc1ccc2c(c1[N+](=O)[O-])C=CC1(CCCCC1)O2. The zero-order valence-corrected chi connectivity index (χ0v) is 12.4. The van der Waals surface area contributed by atoms with Gasteiger partial charge in [0, 0.05) is 6.92 Å². The zero-order valence-electron chi connectivity index (χ0n) is 12.4. The molecular formula is C16H18N2O4. The van der Waals surface area contributed by atoms with E-state index in [1.807, 2.05) is 6.08 Å². The Bertz CT molecular complexity index is 660. The Kier molecular flexibility index (Phi) is 3.60. The first-order chi connectivity index (χ1) is 10.5. The molecule has 0 unspecified atom stereocenters. The predicted molar refractivity (Wildman–Crippen MR) is 82.9 cm³/mol. The molecule has 1 saturated carbocycles. The monoisotopic (exact) mass is 302 g/mol. The van der Waals surface area contributed by atoms with Crippen LogP contribution in [0.3, 0.4) is 0 Å². The highest BCUT2D eigenvalue weighted by Gasteiger charge is 2.37. The largest absolute Gasteiger partial charge is 0.482 e. The van der Waals surface area contributed by atoms with E-state index in [-0.39, 0.29) is 22.9 Å². The van der Waals surface area contributed by atoms with Crippen molar-refractivity contribution in [3.8, 4) is 5.75 Å². The van der Waals surface area contributed by atoms with E-state index in [1.54, 1.807) is 12.1 Å². The van der Waals surface area contributed by atoms with Crippen molar-refractivity contribution in [3.63, 3.8) is 0 Å². The minimum Gasteiger partial charge on any atom is -0.482 e. The maximum atomic E-state index is 11.4. The zero-order chi connectivity index (χ0) is 15.7. The summed E-state index contributed by atoms with van der Waals surface area (Å²) < 4.78 is 6.11. The third-order valence-corrected chi connectivity index (χ3v) is 4.24. The van der Waals surface area contributed by atoms with Crippen molar-refractivity contribution in [3.05, 3.63) is 33.9 Å². The molecule has 0 bridgehead atoms. The van der Waals surface area contributed by atoms with Crippen molar-refractivity contribution in [2.24, 2.45) is 0 Å². The molecule has 1 aliphatic carbocycles. The van der Waals surface area contributed by atoms with Gasteiger partial charge in [-0.25, -0.2) is 0 Å². The predicted octanol–water partition coefficient (Wildman–Crippen LogP) is 3.66. The van der Waals surface area contributed by atoms with Crippen LogP contribution in [0.4, 0.5) is 11.4 Å². The maximum Gasteiger partial charge on any atom is 0.303 e. The molecule has 1 aromatic rings. The molecule has 1 N–H and O–H groups in total. The third-order valence-electron chi connectivity index (χ3n) is 4.24. The van der Waals surface area contributed by atoms with Crippen molar-refractivity contribution >= 4 is 23.4 Å². The summed E-state index contributed by atoms with van der Waals surface area (Å²) in [5, 5.41) is 13.9. The summed E-state index contributed by atoms with van der Waals surface area (Å²) in [7, 11) is 0. The Labute approximate surface area is 128 Å². The van der Waals surface area contributed by atoms with Gasteiger partial charge in [0.2, 0.25) is 5.91 Å². The van der Waals surface area contributed by atoms with Gasteiger partial charge in [-0.1, -0.05) is 6.42 Å². The van der Waals surface area contributed by atoms with Crippen LogP contribution >= 0.6 is 0 Å². The van der Waals surface area contributed by atoms with Crippen molar-refractivity contribution in [2.75, 3.05) is 5.32 Å². The van der Waals surface area contributed by atoms with Gasteiger partial charge >= 0.3 is 5.69 Å². The van der Waals surface area contributed by atoms with Crippen LogP contribution in [0.5, 0.6) is 5.75 Å². The number of nitrogens with one attached hydrogen (secondary N) is 1. The van der Waals surface area contributed by atoms with Gasteiger partial charge in [0.25, 0.3) is 0 Å². The number of fused-ring (bicyclic) bond motifs is 1. The number of amides is 1. The molecule has 0 radical (unpaired) electrons. The van der Waals surface area contributed by atoms with Crippen molar-refractivity contribution in [1.82, 2.24) is 0 Å². The fourth-order valence-corrected chi connectivity index (χ4v) is 3.23. The molecular weight excluding hydrogens is 284 g/mol. The minimum atomic E-state index is -0.476. The van der Waals surface area contributed by atoms with Crippen molar-refractivity contribution in [1.29, 1.82) is 0 Å². The number of nitrogens with zero attached hydrogens (tertiary/aromatic N) is 1. The highest BCUT2D eigenvalue weighted by atomic mass is 16.6. The first kappa shape index (κ1) is 14.6. The van der Waals surface area contributed by atoms with Crippen molar-refractivity contribution in [2.45, 2.75) is 44.6 Å². The summed E-state index contributed by atoms with van der Waals surface area (Å²) in [5.74, 6) is 0.178. The molecule has 1 aliphatic heterocycles. The number of anilines is 1. The van der Waals surface area contributed by atoms with Gasteiger partial charge in [-0.05, 0) is 50.0 Å². The van der Waals surface area contributed by atoms with Crippen LogP contribution in [0.2, 0.25) is 0 Å². The van der Waals surface area contributed by atoms with Gasteiger partial charge < -0.3 is 10.1 Å². The number of benzene rings is 1. The third kappa shape index (κ3) is 2.56. The molecule has 1 spiro atoms.